The maximum atomic E-state index is 11.9. The summed E-state index contributed by atoms with van der Waals surface area (Å²) >= 11 is 4.77. The van der Waals surface area contributed by atoms with Crippen LogP contribution in [-0.4, -0.2) is 29.9 Å². The largest absolute Gasteiger partial charge is 0.548 e. The first-order valence-corrected chi connectivity index (χ1v) is 7.50. The van der Waals surface area contributed by atoms with Gasteiger partial charge in [0.2, 0.25) is 0 Å². The van der Waals surface area contributed by atoms with Gasteiger partial charge in [0.15, 0.2) is 0 Å². The Balaban J connectivity index is 2.72. The first kappa shape index (κ1) is 15.0. The average molecular weight is 331 g/mol. The van der Waals surface area contributed by atoms with E-state index in [1.807, 2.05) is 6.26 Å². The molecule has 1 atom stereocenters. The lowest BCUT2D eigenvalue weighted by Crippen LogP contribution is -2.48. The number of halogens is 1. The van der Waals surface area contributed by atoms with Gasteiger partial charge in [0.25, 0.3) is 5.91 Å². The third-order valence-corrected chi connectivity index (χ3v) is 3.65. The van der Waals surface area contributed by atoms with E-state index < -0.39 is 17.9 Å². The molecule has 0 heterocycles. The first-order valence-electron chi connectivity index (χ1n) is 5.31. The number of amides is 1. The molecule has 0 unspecified atom stereocenters. The van der Waals surface area contributed by atoms with E-state index in [2.05, 4.69) is 21.2 Å². The normalized spacial score (nSPS) is 11.9. The molecular formula is C12H13BrNO3S-. The molecule has 1 aromatic rings. The molecular weight excluding hydrogens is 318 g/mol. The Bertz CT molecular complexity index is 439. The molecule has 0 radical (unpaired) electrons. The van der Waals surface area contributed by atoms with Gasteiger partial charge in [-0.25, -0.2) is 0 Å². The van der Waals surface area contributed by atoms with Crippen molar-refractivity contribution in [3.05, 3.63) is 34.3 Å². The maximum Gasteiger partial charge on any atom is 0.252 e. The molecule has 4 nitrogen and oxygen atoms in total. The number of hydrogen-bond donors (Lipinski definition) is 1. The Morgan fingerprint density at radius 3 is 2.67 bits per heavy atom. The summed E-state index contributed by atoms with van der Waals surface area (Å²) in [5.41, 5.74) is 0.410. The second-order valence-electron chi connectivity index (χ2n) is 3.61. The Morgan fingerprint density at radius 2 is 2.11 bits per heavy atom. The van der Waals surface area contributed by atoms with Crippen molar-refractivity contribution >= 4 is 39.6 Å². The Labute approximate surface area is 118 Å². The Kier molecular flexibility index (Phi) is 6.21. The van der Waals surface area contributed by atoms with Crippen molar-refractivity contribution in [1.29, 1.82) is 0 Å². The minimum Gasteiger partial charge on any atom is -0.548 e. The fraction of sp³-hybridized carbons (Fsp3) is 0.333. The molecule has 0 fully saturated rings. The molecule has 0 aliphatic carbocycles. The van der Waals surface area contributed by atoms with Crippen LogP contribution in [0.1, 0.15) is 16.8 Å². The molecule has 6 heteroatoms. The molecule has 18 heavy (non-hydrogen) atoms. The van der Waals surface area contributed by atoms with Crippen LogP contribution in [0.2, 0.25) is 0 Å². The molecule has 0 aliphatic rings. The summed E-state index contributed by atoms with van der Waals surface area (Å²) in [6.07, 6.45) is 2.22. The zero-order valence-electron chi connectivity index (χ0n) is 9.81. The summed E-state index contributed by atoms with van der Waals surface area (Å²) in [4.78, 5) is 22.8. The summed E-state index contributed by atoms with van der Waals surface area (Å²) in [7, 11) is 0. The molecule has 0 aliphatic heterocycles. The van der Waals surface area contributed by atoms with E-state index in [4.69, 9.17) is 0 Å². The highest BCUT2D eigenvalue weighted by Gasteiger charge is 2.15. The summed E-state index contributed by atoms with van der Waals surface area (Å²) in [5, 5.41) is 13.4. The van der Waals surface area contributed by atoms with E-state index in [0.717, 1.165) is 0 Å². The third kappa shape index (κ3) is 4.34. The van der Waals surface area contributed by atoms with Gasteiger partial charge in [0.05, 0.1) is 17.6 Å². The number of nitrogens with one attached hydrogen (secondary N) is 1. The van der Waals surface area contributed by atoms with Gasteiger partial charge in [0, 0.05) is 4.47 Å². The van der Waals surface area contributed by atoms with Crippen molar-refractivity contribution in [3.8, 4) is 0 Å². The Morgan fingerprint density at radius 1 is 1.44 bits per heavy atom. The quantitative estimate of drug-likeness (QED) is 0.846. The van der Waals surface area contributed by atoms with Gasteiger partial charge in [-0.15, -0.1) is 0 Å². The predicted molar refractivity (Wildman–Crippen MR) is 73.4 cm³/mol. The van der Waals surface area contributed by atoms with Crippen molar-refractivity contribution in [2.24, 2.45) is 0 Å². The van der Waals surface area contributed by atoms with Gasteiger partial charge in [-0.05, 0) is 46.5 Å². The summed E-state index contributed by atoms with van der Waals surface area (Å²) in [6.45, 7) is 0. The van der Waals surface area contributed by atoms with Crippen LogP contribution in [0.3, 0.4) is 0 Å². The van der Waals surface area contributed by atoms with Gasteiger partial charge in [0.1, 0.15) is 0 Å². The highest BCUT2D eigenvalue weighted by molar-refractivity contribution is 9.10. The SMILES string of the molecule is CSCC[C@@H](NC(=O)c1ccccc1Br)C(=O)[O-]. The van der Waals surface area contributed by atoms with Crippen LogP contribution in [0.4, 0.5) is 0 Å². The fourth-order valence-electron chi connectivity index (χ4n) is 1.37. The number of carbonyl (C=O) groups is 2. The van der Waals surface area contributed by atoms with Gasteiger partial charge in [-0.2, -0.15) is 11.8 Å². The maximum absolute atomic E-state index is 11.9. The second-order valence-corrected chi connectivity index (χ2v) is 5.45. The summed E-state index contributed by atoms with van der Waals surface area (Å²) in [5.74, 6) is -1.03. The van der Waals surface area contributed by atoms with Crippen molar-refractivity contribution in [2.45, 2.75) is 12.5 Å². The van der Waals surface area contributed by atoms with Crippen molar-refractivity contribution in [2.75, 3.05) is 12.0 Å². The number of aliphatic carboxylic acids is 1. The standard InChI is InChI=1S/C12H14BrNO3S/c1-18-7-6-10(12(16)17)14-11(15)8-4-2-3-5-9(8)13/h2-5,10H,6-7H2,1H3,(H,14,15)(H,16,17)/p-1/t10-/m1/s1. The highest BCUT2D eigenvalue weighted by Crippen LogP contribution is 2.15. The molecule has 1 amide bonds. The number of hydrogen-bond acceptors (Lipinski definition) is 4. The minimum atomic E-state index is -1.26. The van der Waals surface area contributed by atoms with E-state index in [0.29, 0.717) is 22.2 Å². The van der Waals surface area contributed by atoms with Gasteiger partial charge in [-0.3, -0.25) is 4.79 Å². The number of carbonyl (C=O) groups excluding carboxylic acids is 2. The topological polar surface area (TPSA) is 69.2 Å². The van der Waals surface area contributed by atoms with Crippen molar-refractivity contribution in [1.82, 2.24) is 5.32 Å². The fourth-order valence-corrected chi connectivity index (χ4v) is 2.30. The van der Waals surface area contributed by atoms with E-state index in [1.165, 1.54) is 11.8 Å². The first-order chi connectivity index (χ1) is 8.56. The van der Waals surface area contributed by atoms with Crippen molar-refractivity contribution < 1.29 is 14.7 Å². The molecule has 98 valence electrons. The van der Waals surface area contributed by atoms with Crippen LogP contribution in [0.25, 0.3) is 0 Å². The third-order valence-electron chi connectivity index (χ3n) is 2.32. The lowest BCUT2D eigenvalue weighted by molar-refractivity contribution is -0.308. The molecule has 0 bridgehead atoms. The zero-order valence-corrected chi connectivity index (χ0v) is 12.2. The van der Waals surface area contributed by atoms with Crippen LogP contribution in [0.5, 0.6) is 0 Å². The van der Waals surface area contributed by atoms with Crippen LogP contribution < -0.4 is 10.4 Å². The number of carboxylic acids is 1. The molecule has 1 rings (SSSR count). The second kappa shape index (κ2) is 7.43. The van der Waals surface area contributed by atoms with E-state index >= 15 is 0 Å². The summed E-state index contributed by atoms with van der Waals surface area (Å²) < 4.78 is 0.629. The molecule has 1 aromatic carbocycles. The minimum absolute atomic E-state index is 0.347. The number of thioether (sulfide) groups is 1. The molecule has 0 spiro atoms. The molecule has 0 saturated carbocycles. The summed E-state index contributed by atoms with van der Waals surface area (Å²) in [6, 6.07) is 5.89. The lowest BCUT2D eigenvalue weighted by Gasteiger charge is -2.19. The van der Waals surface area contributed by atoms with Gasteiger partial charge >= 0.3 is 0 Å². The predicted octanol–water partition coefficient (Wildman–Crippen LogP) is 1.05. The highest BCUT2D eigenvalue weighted by atomic mass is 79.9. The Hall–Kier alpha value is -1.01. The van der Waals surface area contributed by atoms with Gasteiger partial charge < -0.3 is 15.2 Å². The zero-order chi connectivity index (χ0) is 13.5. The molecule has 0 aromatic heterocycles. The smallest absolute Gasteiger partial charge is 0.252 e. The van der Waals surface area contributed by atoms with Gasteiger partial charge in [-0.1, -0.05) is 12.1 Å². The molecule has 1 N–H and O–H groups in total. The average Bonchev–Trinajstić information content (AvgIpc) is 2.34. The van der Waals surface area contributed by atoms with E-state index in [-0.39, 0.29) is 0 Å². The van der Waals surface area contributed by atoms with Crippen LogP contribution in [0, 0.1) is 0 Å². The monoisotopic (exact) mass is 330 g/mol. The number of benzene rings is 1. The number of carboxylic acid groups (broad SMARTS) is 1. The van der Waals surface area contributed by atoms with Crippen LogP contribution in [0.15, 0.2) is 28.7 Å². The van der Waals surface area contributed by atoms with Crippen LogP contribution in [-0.2, 0) is 4.79 Å². The lowest BCUT2D eigenvalue weighted by atomic mass is 10.1. The van der Waals surface area contributed by atoms with Crippen molar-refractivity contribution in [3.63, 3.8) is 0 Å². The van der Waals surface area contributed by atoms with E-state index in [9.17, 15) is 14.7 Å². The molecule has 0 saturated heterocycles. The van der Waals surface area contributed by atoms with Crippen LogP contribution >= 0.6 is 27.7 Å². The van der Waals surface area contributed by atoms with E-state index in [1.54, 1.807) is 24.3 Å². The number of rotatable bonds is 6.